The van der Waals surface area contributed by atoms with Gasteiger partial charge in [0.1, 0.15) is 0 Å². The van der Waals surface area contributed by atoms with E-state index in [9.17, 15) is 5.11 Å². The molecule has 1 fully saturated rings. The summed E-state index contributed by atoms with van der Waals surface area (Å²) in [4.78, 5) is 0. The quantitative estimate of drug-likeness (QED) is 0.765. The van der Waals surface area contributed by atoms with Crippen molar-refractivity contribution in [2.45, 2.75) is 39.3 Å². The highest BCUT2D eigenvalue weighted by atomic mass is 16.3. The molecule has 4 nitrogen and oxygen atoms in total. The summed E-state index contributed by atoms with van der Waals surface area (Å²) in [5.41, 5.74) is 1.25. The molecule has 0 aliphatic heterocycles. The van der Waals surface area contributed by atoms with E-state index in [0.717, 1.165) is 31.6 Å². The fraction of sp³-hybridized carbons (Fsp3) is 0.750. The molecule has 0 spiro atoms. The van der Waals surface area contributed by atoms with E-state index in [4.69, 9.17) is 0 Å². The van der Waals surface area contributed by atoms with Gasteiger partial charge in [-0.3, -0.25) is 4.68 Å². The second kappa shape index (κ2) is 4.55. The van der Waals surface area contributed by atoms with Crippen LogP contribution in [-0.2, 0) is 6.54 Å². The van der Waals surface area contributed by atoms with Crippen molar-refractivity contribution < 1.29 is 5.11 Å². The molecule has 0 unspecified atom stereocenters. The Morgan fingerprint density at radius 2 is 2.31 bits per heavy atom. The summed E-state index contributed by atoms with van der Waals surface area (Å²) in [6.45, 7) is 6.24. The van der Waals surface area contributed by atoms with E-state index in [1.807, 2.05) is 16.9 Å². The predicted molar refractivity (Wildman–Crippen MR) is 63.1 cm³/mol. The number of rotatable bonds is 6. The first-order valence-corrected chi connectivity index (χ1v) is 6.01. The Balaban J connectivity index is 1.77. The van der Waals surface area contributed by atoms with E-state index in [2.05, 4.69) is 24.3 Å². The summed E-state index contributed by atoms with van der Waals surface area (Å²) in [6.07, 6.45) is 4.31. The zero-order valence-electron chi connectivity index (χ0n) is 10.1. The molecule has 1 aliphatic rings. The Morgan fingerprint density at radius 3 is 2.81 bits per heavy atom. The van der Waals surface area contributed by atoms with Crippen LogP contribution in [0.4, 0.5) is 0 Å². The van der Waals surface area contributed by atoms with Gasteiger partial charge in [0, 0.05) is 37.4 Å². The molecule has 90 valence electrons. The highest BCUT2D eigenvalue weighted by Crippen LogP contribution is 2.44. The third-order valence-corrected chi connectivity index (χ3v) is 3.29. The van der Waals surface area contributed by atoms with Crippen LogP contribution < -0.4 is 5.32 Å². The summed E-state index contributed by atoms with van der Waals surface area (Å²) in [5.74, 6) is 0. The first-order valence-electron chi connectivity index (χ1n) is 6.01. The van der Waals surface area contributed by atoms with Gasteiger partial charge in [-0.2, -0.15) is 5.10 Å². The zero-order valence-corrected chi connectivity index (χ0v) is 10.1. The summed E-state index contributed by atoms with van der Waals surface area (Å²) in [7, 11) is 0. The van der Waals surface area contributed by atoms with E-state index >= 15 is 0 Å². The predicted octanol–water partition coefficient (Wildman–Crippen LogP) is 1.33. The van der Waals surface area contributed by atoms with Crippen LogP contribution in [0.1, 0.15) is 38.4 Å². The smallest absolute Gasteiger partial charge is 0.0762 e. The van der Waals surface area contributed by atoms with Crippen LogP contribution >= 0.6 is 0 Å². The van der Waals surface area contributed by atoms with Gasteiger partial charge in [-0.1, -0.05) is 0 Å². The van der Waals surface area contributed by atoms with Crippen LogP contribution in [0, 0.1) is 5.41 Å². The van der Waals surface area contributed by atoms with Crippen LogP contribution in [0.5, 0.6) is 0 Å². The lowest BCUT2D eigenvalue weighted by molar-refractivity contribution is 0.207. The van der Waals surface area contributed by atoms with E-state index in [1.165, 1.54) is 0 Å². The lowest BCUT2D eigenvalue weighted by atomic mass is 10.1. The van der Waals surface area contributed by atoms with Crippen molar-refractivity contribution >= 4 is 0 Å². The lowest BCUT2D eigenvalue weighted by Crippen LogP contribution is -2.26. The van der Waals surface area contributed by atoms with Crippen molar-refractivity contribution in [2.75, 3.05) is 13.2 Å². The van der Waals surface area contributed by atoms with Crippen LogP contribution in [-0.4, -0.2) is 28.0 Å². The first kappa shape index (κ1) is 11.6. The van der Waals surface area contributed by atoms with E-state index in [1.54, 1.807) is 0 Å². The Bertz CT molecular complexity index is 342. The Labute approximate surface area is 96.7 Å². The number of aromatic nitrogens is 2. The van der Waals surface area contributed by atoms with E-state index < -0.39 is 0 Å². The minimum atomic E-state index is 0.181. The molecule has 0 radical (unpaired) electrons. The molecule has 2 rings (SSSR count). The molecule has 1 aliphatic carbocycles. The molecule has 0 atom stereocenters. The molecule has 2 N–H and O–H groups in total. The first-order chi connectivity index (χ1) is 7.65. The topological polar surface area (TPSA) is 50.1 Å². The third-order valence-electron chi connectivity index (χ3n) is 3.29. The van der Waals surface area contributed by atoms with Gasteiger partial charge in [-0.25, -0.2) is 0 Å². The van der Waals surface area contributed by atoms with Crippen molar-refractivity contribution in [3.8, 4) is 0 Å². The van der Waals surface area contributed by atoms with E-state index in [0.29, 0.717) is 12.6 Å². The molecule has 16 heavy (non-hydrogen) atoms. The maximum atomic E-state index is 9.17. The van der Waals surface area contributed by atoms with Crippen LogP contribution in [0.25, 0.3) is 0 Å². The van der Waals surface area contributed by atoms with Crippen LogP contribution in [0.15, 0.2) is 12.3 Å². The van der Waals surface area contributed by atoms with Gasteiger partial charge < -0.3 is 10.4 Å². The molecule has 1 aromatic rings. The van der Waals surface area contributed by atoms with Crippen LogP contribution in [0.3, 0.4) is 0 Å². The van der Waals surface area contributed by atoms with Gasteiger partial charge in [0.2, 0.25) is 0 Å². The van der Waals surface area contributed by atoms with Crippen molar-refractivity contribution in [2.24, 2.45) is 5.41 Å². The summed E-state index contributed by atoms with van der Waals surface area (Å²) in [6, 6.07) is 2.46. The molecule has 1 saturated carbocycles. The minimum Gasteiger partial charge on any atom is -0.396 e. The summed E-state index contributed by atoms with van der Waals surface area (Å²) < 4.78 is 1.97. The lowest BCUT2D eigenvalue weighted by Gasteiger charge is -2.11. The molecule has 1 heterocycles. The van der Waals surface area contributed by atoms with Crippen molar-refractivity contribution in [1.29, 1.82) is 0 Å². The standard InChI is InChI=1S/C12H21N3O/c1-10(2)15-6-3-11(14-15)7-13-8-12(9-16)4-5-12/h3,6,10,13,16H,4-5,7-9H2,1-2H3. The molecule has 0 saturated heterocycles. The maximum Gasteiger partial charge on any atom is 0.0762 e. The van der Waals surface area contributed by atoms with Gasteiger partial charge in [0.05, 0.1) is 5.69 Å². The Morgan fingerprint density at radius 1 is 1.56 bits per heavy atom. The molecule has 0 bridgehead atoms. The number of hydrogen-bond donors (Lipinski definition) is 2. The van der Waals surface area contributed by atoms with E-state index in [-0.39, 0.29) is 5.41 Å². The van der Waals surface area contributed by atoms with Gasteiger partial charge in [0.15, 0.2) is 0 Å². The fourth-order valence-electron chi connectivity index (χ4n) is 1.78. The molecule has 4 heteroatoms. The molecular formula is C12H21N3O. The maximum absolute atomic E-state index is 9.17. The highest BCUT2D eigenvalue weighted by molar-refractivity contribution is 5.00. The molecule has 0 amide bonds. The van der Waals surface area contributed by atoms with Gasteiger partial charge in [0.25, 0.3) is 0 Å². The van der Waals surface area contributed by atoms with Gasteiger partial charge >= 0.3 is 0 Å². The van der Waals surface area contributed by atoms with Crippen molar-refractivity contribution in [1.82, 2.24) is 15.1 Å². The molecule has 0 aromatic carbocycles. The molecule has 1 aromatic heterocycles. The fourth-order valence-corrected chi connectivity index (χ4v) is 1.78. The number of aliphatic hydroxyl groups is 1. The number of nitrogens with one attached hydrogen (secondary N) is 1. The van der Waals surface area contributed by atoms with Crippen molar-refractivity contribution in [3.05, 3.63) is 18.0 Å². The van der Waals surface area contributed by atoms with Gasteiger partial charge in [-0.15, -0.1) is 0 Å². The molecular weight excluding hydrogens is 202 g/mol. The number of nitrogens with zero attached hydrogens (tertiary/aromatic N) is 2. The number of hydrogen-bond acceptors (Lipinski definition) is 3. The average Bonchev–Trinajstić information content (AvgIpc) is 2.88. The highest BCUT2D eigenvalue weighted by Gasteiger charge is 2.41. The zero-order chi connectivity index (χ0) is 11.6. The monoisotopic (exact) mass is 223 g/mol. The second-order valence-electron chi connectivity index (χ2n) is 5.14. The Hall–Kier alpha value is -0.870. The largest absolute Gasteiger partial charge is 0.396 e. The summed E-state index contributed by atoms with van der Waals surface area (Å²) in [5, 5.41) is 17.0. The normalized spacial score (nSPS) is 18.0. The Kier molecular flexibility index (Phi) is 3.30. The third kappa shape index (κ3) is 2.62. The number of aliphatic hydroxyl groups excluding tert-OH is 1. The minimum absolute atomic E-state index is 0.181. The second-order valence-corrected chi connectivity index (χ2v) is 5.14. The van der Waals surface area contributed by atoms with Gasteiger partial charge in [-0.05, 0) is 32.8 Å². The van der Waals surface area contributed by atoms with Crippen LogP contribution in [0.2, 0.25) is 0 Å². The average molecular weight is 223 g/mol. The summed E-state index contributed by atoms with van der Waals surface area (Å²) >= 11 is 0. The SMILES string of the molecule is CC(C)n1ccc(CNCC2(CO)CC2)n1. The van der Waals surface area contributed by atoms with Crippen molar-refractivity contribution in [3.63, 3.8) is 0 Å².